The van der Waals surface area contributed by atoms with Crippen LogP contribution in [0, 0.1) is 34.0 Å². The van der Waals surface area contributed by atoms with Crippen molar-refractivity contribution in [2.24, 2.45) is 34.0 Å². The van der Waals surface area contributed by atoms with E-state index in [2.05, 4.69) is 0 Å². The Morgan fingerprint density at radius 1 is 1.23 bits per heavy atom. The van der Waals surface area contributed by atoms with Crippen LogP contribution in [0.4, 0.5) is 4.39 Å². The highest BCUT2D eigenvalue weighted by Crippen LogP contribution is 2.71. The fourth-order valence-electron chi connectivity index (χ4n) is 7.75. The summed E-state index contributed by atoms with van der Waals surface area (Å²) in [5.74, 6) is -4.21. The second-order valence-corrected chi connectivity index (χ2v) is 12.6. The average Bonchev–Trinajstić information content (AvgIpc) is 2.93. The van der Waals surface area contributed by atoms with Crippen LogP contribution >= 0.6 is 0 Å². The van der Waals surface area contributed by atoms with Crippen molar-refractivity contribution in [1.29, 1.82) is 0 Å². The number of hydrogen-bond acceptors (Lipinski definition) is 6. The van der Waals surface area contributed by atoms with Gasteiger partial charge in [0.25, 0.3) is 0 Å². The van der Waals surface area contributed by atoms with Crippen LogP contribution in [-0.2, 0) is 19.1 Å². The summed E-state index contributed by atoms with van der Waals surface area (Å²) < 4.78 is 22.7. The van der Waals surface area contributed by atoms with Crippen LogP contribution in [0.2, 0.25) is 0 Å². The van der Waals surface area contributed by atoms with Crippen molar-refractivity contribution in [2.75, 3.05) is 0 Å². The van der Waals surface area contributed by atoms with Gasteiger partial charge in [-0.2, -0.15) is 0 Å². The lowest BCUT2D eigenvalue weighted by Crippen LogP contribution is -2.70. The molecule has 194 valence electrons. The lowest BCUT2D eigenvalue weighted by Gasteiger charge is -2.63. The first-order chi connectivity index (χ1) is 15.9. The minimum Gasteiger partial charge on any atom is -0.478 e. The van der Waals surface area contributed by atoms with E-state index in [0.29, 0.717) is 24.8 Å². The average molecular weight is 493 g/mol. The van der Waals surface area contributed by atoms with Crippen LogP contribution in [0.5, 0.6) is 0 Å². The molecule has 0 heterocycles. The molecule has 0 bridgehead atoms. The highest BCUT2D eigenvalue weighted by atomic mass is 19.1. The van der Waals surface area contributed by atoms with Crippen LogP contribution in [0.15, 0.2) is 23.8 Å². The molecule has 8 heteroatoms. The van der Waals surface area contributed by atoms with Gasteiger partial charge in [0.2, 0.25) is 6.10 Å². The summed E-state index contributed by atoms with van der Waals surface area (Å²) >= 11 is 0. The standard InChI is InChI=1S/C27H37FO7/c1-14-11-18-17-8-7-15-12-16(29)9-10-24(15,5)26(17,28)19(30)13-25(18,6)27(14,34)20(21(31)32)35-22(33)23(2,3)4/h9-10,12,14,17-20,30,34H,7-8,11,13H2,1-6H3,(H,31,32)/t14?,17-,18-,19?,20-,24-,25-,26-,27-/m0/s1. The van der Waals surface area contributed by atoms with Crippen LogP contribution in [0.1, 0.15) is 67.2 Å². The number of aliphatic hydroxyl groups is 2. The molecule has 0 aromatic carbocycles. The van der Waals surface area contributed by atoms with Crippen molar-refractivity contribution >= 4 is 17.7 Å². The Hall–Kier alpha value is -2.06. The van der Waals surface area contributed by atoms with Gasteiger partial charge in [-0.1, -0.05) is 25.5 Å². The number of alkyl halides is 1. The molecule has 4 aliphatic rings. The Balaban J connectivity index is 1.79. The van der Waals surface area contributed by atoms with E-state index in [-0.39, 0.29) is 12.2 Å². The molecule has 0 aromatic rings. The number of carboxylic acid groups (broad SMARTS) is 1. The minimum atomic E-state index is -2.09. The molecular weight excluding hydrogens is 455 g/mol. The smallest absolute Gasteiger partial charge is 0.348 e. The summed E-state index contributed by atoms with van der Waals surface area (Å²) in [6.07, 6.45) is 1.92. The van der Waals surface area contributed by atoms with Gasteiger partial charge in [-0.15, -0.1) is 0 Å². The van der Waals surface area contributed by atoms with E-state index in [1.54, 1.807) is 47.6 Å². The number of rotatable bonds is 3. The number of carbonyl (C=O) groups is 3. The Kier molecular flexibility index (Phi) is 5.74. The van der Waals surface area contributed by atoms with E-state index in [9.17, 15) is 29.7 Å². The van der Waals surface area contributed by atoms with Gasteiger partial charge in [0.1, 0.15) is 5.60 Å². The van der Waals surface area contributed by atoms with Crippen molar-refractivity contribution < 1.29 is 38.8 Å². The minimum absolute atomic E-state index is 0.201. The molecule has 3 saturated carbocycles. The van der Waals surface area contributed by atoms with Gasteiger partial charge in [-0.05, 0) is 77.4 Å². The van der Waals surface area contributed by atoms with Gasteiger partial charge >= 0.3 is 11.9 Å². The maximum atomic E-state index is 17.2. The molecule has 7 nitrogen and oxygen atoms in total. The van der Waals surface area contributed by atoms with E-state index in [1.165, 1.54) is 12.2 Å². The predicted octanol–water partition coefficient (Wildman–Crippen LogP) is 3.38. The normalized spacial score (nSPS) is 45.6. The van der Waals surface area contributed by atoms with Crippen molar-refractivity contribution in [3.8, 4) is 0 Å². The number of ether oxygens (including phenoxy) is 1. The SMILES string of the molecule is CC1C[C@H]2[C@@H]3CCC4=CC(=O)C=C[C@]4(C)[C@@]3(F)C(O)C[C@]2(C)[C@@]1(O)[C@@H](OC(=O)C(C)(C)C)C(=O)O. The lowest BCUT2D eigenvalue weighted by atomic mass is 9.44. The fourth-order valence-corrected chi connectivity index (χ4v) is 7.75. The van der Waals surface area contributed by atoms with E-state index in [0.717, 1.165) is 0 Å². The van der Waals surface area contributed by atoms with E-state index < -0.39 is 69.4 Å². The number of allylic oxidation sites excluding steroid dienone is 4. The topological polar surface area (TPSA) is 121 Å². The van der Waals surface area contributed by atoms with Crippen LogP contribution < -0.4 is 0 Å². The molecule has 3 N–H and O–H groups in total. The third-order valence-electron chi connectivity index (χ3n) is 9.77. The number of halogens is 1. The van der Waals surface area contributed by atoms with E-state index >= 15 is 4.39 Å². The predicted molar refractivity (Wildman–Crippen MR) is 125 cm³/mol. The summed E-state index contributed by atoms with van der Waals surface area (Å²) in [5.41, 5.74) is -6.85. The number of carboxylic acids is 1. The molecule has 2 unspecified atom stereocenters. The van der Waals surface area contributed by atoms with Crippen molar-refractivity contribution in [3.63, 3.8) is 0 Å². The number of carbonyl (C=O) groups excluding carboxylic acids is 2. The lowest BCUT2D eigenvalue weighted by molar-refractivity contribution is -0.246. The van der Waals surface area contributed by atoms with Crippen molar-refractivity contribution in [2.45, 2.75) is 90.7 Å². The number of aliphatic hydroxyl groups excluding tert-OH is 1. The number of aliphatic carboxylic acids is 1. The first kappa shape index (κ1) is 26.0. The van der Waals surface area contributed by atoms with Crippen molar-refractivity contribution in [1.82, 2.24) is 0 Å². The molecule has 35 heavy (non-hydrogen) atoms. The monoisotopic (exact) mass is 492 g/mol. The molecule has 0 amide bonds. The molecule has 3 fully saturated rings. The third kappa shape index (κ3) is 3.24. The summed E-state index contributed by atoms with van der Waals surface area (Å²) in [4.78, 5) is 37.0. The highest BCUT2D eigenvalue weighted by molar-refractivity contribution is 6.01. The summed E-state index contributed by atoms with van der Waals surface area (Å²) in [5, 5.41) is 33.6. The van der Waals surface area contributed by atoms with Gasteiger partial charge < -0.3 is 20.1 Å². The van der Waals surface area contributed by atoms with E-state index in [1.807, 2.05) is 0 Å². The molecule has 0 radical (unpaired) electrons. The second kappa shape index (κ2) is 7.72. The molecule has 0 aliphatic heterocycles. The zero-order valence-electron chi connectivity index (χ0n) is 21.3. The molecular formula is C27H37FO7. The van der Waals surface area contributed by atoms with Crippen LogP contribution in [0.3, 0.4) is 0 Å². The summed E-state index contributed by atoms with van der Waals surface area (Å²) in [6, 6.07) is 0. The highest BCUT2D eigenvalue weighted by Gasteiger charge is 2.76. The van der Waals surface area contributed by atoms with Crippen LogP contribution in [-0.4, -0.2) is 56.5 Å². The molecule has 9 atom stereocenters. The Labute approximate surface area is 205 Å². The summed E-state index contributed by atoms with van der Waals surface area (Å²) in [7, 11) is 0. The Morgan fingerprint density at radius 3 is 2.43 bits per heavy atom. The molecule has 0 aromatic heterocycles. The Bertz CT molecular complexity index is 1030. The number of esters is 1. The number of fused-ring (bicyclic) bond motifs is 5. The second-order valence-electron chi connectivity index (χ2n) is 12.6. The van der Waals surface area contributed by atoms with E-state index in [4.69, 9.17) is 4.74 Å². The Morgan fingerprint density at radius 2 is 1.86 bits per heavy atom. The first-order valence-electron chi connectivity index (χ1n) is 12.4. The number of ketones is 1. The van der Waals surface area contributed by atoms with Gasteiger partial charge in [-0.3, -0.25) is 9.59 Å². The zero-order valence-corrected chi connectivity index (χ0v) is 21.3. The molecule has 0 spiro atoms. The van der Waals surface area contributed by atoms with Gasteiger partial charge in [0, 0.05) is 16.7 Å². The summed E-state index contributed by atoms with van der Waals surface area (Å²) in [6.45, 7) is 9.89. The maximum absolute atomic E-state index is 17.2. The van der Waals surface area contributed by atoms with Crippen LogP contribution in [0.25, 0.3) is 0 Å². The maximum Gasteiger partial charge on any atom is 0.348 e. The quantitative estimate of drug-likeness (QED) is 0.517. The van der Waals surface area contributed by atoms with Gasteiger partial charge in [-0.25, -0.2) is 9.18 Å². The van der Waals surface area contributed by atoms with Gasteiger partial charge in [0.05, 0.1) is 11.5 Å². The third-order valence-corrected chi connectivity index (χ3v) is 9.77. The molecule has 0 saturated heterocycles. The van der Waals surface area contributed by atoms with Crippen molar-refractivity contribution in [3.05, 3.63) is 23.8 Å². The zero-order chi connectivity index (χ0) is 26.4. The first-order valence-corrected chi connectivity index (χ1v) is 12.4. The largest absolute Gasteiger partial charge is 0.478 e. The molecule has 4 rings (SSSR count). The van der Waals surface area contributed by atoms with Gasteiger partial charge in [0.15, 0.2) is 11.5 Å². The fraction of sp³-hybridized carbons (Fsp3) is 0.741. The number of hydrogen-bond donors (Lipinski definition) is 3. The molecule has 4 aliphatic carbocycles.